The lowest BCUT2D eigenvalue weighted by molar-refractivity contribution is 0.0633. The predicted molar refractivity (Wildman–Crippen MR) is 116 cm³/mol. The second kappa shape index (κ2) is 9.65. The lowest BCUT2D eigenvalue weighted by Crippen LogP contribution is -2.54. The van der Waals surface area contributed by atoms with Gasteiger partial charge in [0.15, 0.2) is 5.82 Å². The Morgan fingerprint density at radius 2 is 1.77 bits per heavy atom. The lowest BCUT2D eigenvalue weighted by atomic mass is 10.0. The van der Waals surface area contributed by atoms with Crippen molar-refractivity contribution >= 4 is 23.3 Å². The van der Waals surface area contributed by atoms with E-state index in [1.165, 1.54) is 6.20 Å². The van der Waals surface area contributed by atoms with E-state index in [1.54, 1.807) is 6.92 Å². The number of ether oxygens (including phenoxy) is 2. The Hall–Kier alpha value is -2.66. The van der Waals surface area contributed by atoms with E-state index in [1.807, 2.05) is 23.6 Å². The molecule has 2 N–H and O–H groups in total. The van der Waals surface area contributed by atoms with Crippen LogP contribution in [0.25, 0.3) is 5.57 Å². The Kier molecular flexibility index (Phi) is 7.16. The highest BCUT2D eigenvalue weighted by Crippen LogP contribution is 2.30. The van der Waals surface area contributed by atoms with Gasteiger partial charge >= 0.3 is 0 Å². The van der Waals surface area contributed by atoms with Gasteiger partial charge in [-0.25, -0.2) is 13.8 Å². The standard InChI is InChI=1S/C20H29F2N7O2/c1-13(16(21)22)15(11-24-14(2)23)17-25-18(28-5-8-30-9-6-28)27-19(26-17)29-7-10-31-12-20(29,3)4/h11,16H,1,5-10,12H2,2-4H3,(H2,23,24)/b15-11+. The van der Waals surface area contributed by atoms with Gasteiger partial charge in [-0.05, 0) is 20.8 Å². The maximum atomic E-state index is 13.6. The minimum atomic E-state index is -2.80. The SMILES string of the molecule is C=C(/C(=C\N=C(C)N)c1nc(N2CCOCC2)nc(N2CCOCC2(C)C)n1)C(F)F. The van der Waals surface area contributed by atoms with Crippen LogP contribution >= 0.6 is 0 Å². The van der Waals surface area contributed by atoms with Crippen molar-refractivity contribution in [1.29, 1.82) is 0 Å². The van der Waals surface area contributed by atoms with Crippen LogP contribution in [0.4, 0.5) is 20.7 Å². The van der Waals surface area contributed by atoms with E-state index in [0.717, 1.165) is 0 Å². The Bertz CT molecular complexity index is 863. The molecule has 0 saturated carbocycles. The van der Waals surface area contributed by atoms with Crippen molar-refractivity contribution in [2.24, 2.45) is 10.7 Å². The molecule has 0 bridgehead atoms. The summed E-state index contributed by atoms with van der Waals surface area (Å²) >= 11 is 0. The smallest absolute Gasteiger partial charge is 0.264 e. The van der Waals surface area contributed by atoms with Gasteiger partial charge in [-0.1, -0.05) is 6.58 Å². The van der Waals surface area contributed by atoms with Crippen molar-refractivity contribution < 1.29 is 18.3 Å². The Balaban J connectivity index is 2.14. The molecule has 170 valence electrons. The van der Waals surface area contributed by atoms with Crippen LogP contribution in [0.1, 0.15) is 26.6 Å². The number of hydrogen-bond acceptors (Lipinski definition) is 8. The molecule has 2 fully saturated rings. The van der Waals surface area contributed by atoms with Crippen molar-refractivity contribution in [1.82, 2.24) is 15.0 Å². The van der Waals surface area contributed by atoms with Gasteiger partial charge in [-0.2, -0.15) is 15.0 Å². The summed E-state index contributed by atoms with van der Waals surface area (Å²) < 4.78 is 38.2. The monoisotopic (exact) mass is 437 g/mol. The molecule has 1 aromatic rings. The Morgan fingerprint density at radius 1 is 1.13 bits per heavy atom. The lowest BCUT2D eigenvalue weighted by Gasteiger charge is -2.42. The highest BCUT2D eigenvalue weighted by molar-refractivity contribution is 5.81. The van der Waals surface area contributed by atoms with E-state index in [2.05, 4.69) is 26.5 Å². The van der Waals surface area contributed by atoms with E-state index >= 15 is 0 Å². The average molecular weight is 437 g/mol. The zero-order valence-corrected chi connectivity index (χ0v) is 18.1. The fraction of sp³-hybridized carbons (Fsp3) is 0.600. The number of aromatic nitrogens is 3. The minimum Gasteiger partial charge on any atom is -0.387 e. The normalized spacial score (nSPS) is 20.3. The van der Waals surface area contributed by atoms with E-state index in [0.29, 0.717) is 58.0 Å². The largest absolute Gasteiger partial charge is 0.387 e. The fourth-order valence-electron chi connectivity index (χ4n) is 3.30. The zero-order chi connectivity index (χ0) is 22.6. The number of rotatable bonds is 6. The highest BCUT2D eigenvalue weighted by Gasteiger charge is 2.34. The van der Waals surface area contributed by atoms with Crippen LogP contribution in [0.5, 0.6) is 0 Å². The number of nitrogens with zero attached hydrogens (tertiary/aromatic N) is 6. The summed E-state index contributed by atoms with van der Waals surface area (Å²) in [6.45, 7) is 12.9. The number of aliphatic imine (C=N–C) groups is 1. The molecule has 0 unspecified atom stereocenters. The van der Waals surface area contributed by atoms with Gasteiger partial charge in [0.2, 0.25) is 11.9 Å². The molecule has 9 nitrogen and oxygen atoms in total. The third kappa shape index (κ3) is 5.53. The second-order valence-corrected chi connectivity index (χ2v) is 8.01. The van der Waals surface area contributed by atoms with Crippen LogP contribution in [-0.4, -0.2) is 78.8 Å². The van der Waals surface area contributed by atoms with Crippen LogP contribution in [0.15, 0.2) is 23.3 Å². The predicted octanol–water partition coefficient (Wildman–Crippen LogP) is 1.86. The van der Waals surface area contributed by atoms with Crippen LogP contribution in [0.3, 0.4) is 0 Å². The summed E-state index contributed by atoms with van der Waals surface area (Å²) in [5.41, 5.74) is 4.82. The molecule has 0 amide bonds. The van der Waals surface area contributed by atoms with Gasteiger partial charge < -0.3 is 25.0 Å². The van der Waals surface area contributed by atoms with Crippen molar-refractivity contribution in [3.63, 3.8) is 0 Å². The molecule has 0 radical (unpaired) electrons. The maximum Gasteiger partial charge on any atom is 0.264 e. The van der Waals surface area contributed by atoms with E-state index in [9.17, 15) is 8.78 Å². The number of alkyl halides is 2. The summed E-state index contributed by atoms with van der Waals surface area (Å²) in [7, 11) is 0. The first-order chi connectivity index (χ1) is 14.7. The molecular formula is C20H29F2N7O2. The molecular weight excluding hydrogens is 408 g/mol. The molecule has 2 aliphatic rings. The minimum absolute atomic E-state index is 0.0176. The number of halogens is 2. The van der Waals surface area contributed by atoms with Gasteiger partial charge in [0, 0.05) is 37.0 Å². The summed E-state index contributed by atoms with van der Waals surface area (Å²) in [5, 5.41) is 0. The molecule has 0 aliphatic carbocycles. The number of morpholine rings is 2. The summed E-state index contributed by atoms with van der Waals surface area (Å²) in [5.74, 6) is 1.08. The summed E-state index contributed by atoms with van der Waals surface area (Å²) in [4.78, 5) is 21.7. The van der Waals surface area contributed by atoms with Crippen LogP contribution in [-0.2, 0) is 9.47 Å². The summed E-state index contributed by atoms with van der Waals surface area (Å²) in [6.07, 6.45) is -1.57. The Labute approximate surface area is 180 Å². The number of allylic oxidation sites excluding steroid dienone is 2. The van der Waals surface area contributed by atoms with Crippen molar-refractivity contribution in [2.45, 2.75) is 32.7 Å². The first-order valence-corrected chi connectivity index (χ1v) is 10.1. The van der Waals surface area contributed by atoms with E-state index in [4.69, 9.17) is 15.2 Å². The molecule has 11 heteroatoms. The average Bonchev–Trinajstić information content (AvgIpc) is 2.73. The molecule has 0 atom stereocenters. The first-order valence-electron chi connectivity index (χ1n) is 10.1. The van der Waals surface area contributed by atoms with Gasteiger partial charge in [0.05, 0.1) is 37.8 Å². The Morgan fingerprint density at radius 3 is 2.39 bits per heavy atom. The fourth-order valence-corrected chi connectivity index (χ4v) is 3.30. The maximum absolute atomic E-state index is 13.6. The molecule has 2 aliphatic heterocycles. The third-order valence-electron chi connectivity index (χ3n) is 5.04. The van der Waals surface area contributed by atoms with Crippen molar-refractivity contribution in [3.05, 3.63) is 24.2 Å². The van der Waals surface area contributed by atoms with Gasteiger partial charge in [0.25, 0.3) is 6.43 Å². The molecule has 0 aromatic carbocycles. The third-order valence-corrected chi connectivity index (χ3v) is 5.04. The van der Waals surface area contributed by atoms with Gasteiger partial charge in [-0.3, -0.25) is 0 Å². The van der Waals surface area contributed by atoms with Crippen molar-refractivity contribution in [3.8, 4) is 0 Å². The number of hydrogen-bond donors (Lipinski definition) is 1. The first kappa shape index (κ1) is 23.0. The molecule has 3 heterocycles. The summed E-state index contributed by atoms with van der Waals surface area (Å²) in [6, 6.07) is 0. The van der Waals surface area contributed by atoms with Crippen molar-refractivity contribution in [2.75, 3.05) is 55.9 Å². The molecule has 2 saturated heterocycles. The zero-order valence-electron chi connectivity index (χ0n) is 18.1. The second-order valence-electron chi connectivity index (χ2n) is 8.01. The van der Waals surface area contributed by atoms with Crippen LogP contribution in [0, 0.1) is 0 Å². The quantitative estimate of drug-likeness (QED) is 0.409. The highest BCUT2D eigenvalue weighted by atomic mass is 19.3. The van der Waals surface area contributed by atoms with E-state index < -0.39 is 12.0 Å². The number of nitrogens with two attached hydrogens (primary N) is 1. The van der Waals surface area contributed by atoms with Gasteiger partial charge in [-0.15, -0.1) is 0 Å². The molecule has 1 aromatic heterocycles. The van der Waals surface area contributed by atoms with Crippen LogP contribution < -0.4 is 15.5 Å². The van der Waals surface area contributed by atoms with Crippen LogP contribution in [0.2, 0.25) is 0 Å². The van der Waals surface area contributed by atoms with E-state index in [-0.39, 0.29) is 22.8 Å². The molecule has 3 rings (SSSR count). The number of amidine groups is 1. The van der Waals surface area contributed by atoms with Gasteiger partial charge in [0.1, 0.15) is 0 Å². The number of anilines is 2. The molecule has 0 spiro atoms. The topological polar surface area (TPSA) is 102 Å². The molecule has 31 heavy (non-hydrogen) atoms.